The van der Waals surface area contributed by atoms with Crippen LogP contribution in [0.1, 0.15) is 12.5 Å². The fourth-order valence-corrected chi connectivity index (χ4v) is 4.33. The standard InChI is InChI=1S/C13H19O8PS/c1-13(21-23(4,16)17,22(15,18-2)19-3)12(14)20-10-11-8-6-5-7-9-11/h5-9H,10H2,1-4H3. The largest absolute Gasteiger partial charge is 0.458 e. The summed E-state index contributed by atoms with van der Waals surface area (Å²) >= 11 is 0. The van der Waals surface area contributed by atoms with Crippen molar-refractivity contribution >= 4 is 23.7 Å². The number of carbonyl (C=O) groups excluding carboxylic acids is 1. The second-order valence-electron chi connectivity index (χ2n) is 4.69. The second-order valence-corrected chi connectivity index (χ2v) is 8.85. The third-order valence-electron chi connectivity index (χ3n) is 2.91. The Morgan fingerprint density at radius 2 is 1.70 bits per heavy atom. The topological polar surface area (TPSA) is 105 Å². The lowest BCUT2D eigenvalue weighted by atomic mass is 10.2. The molecule has 0 heterocycles. The van der Waals surface area contributed by atoms with Crippen LogP contribution >= 0.6 is 7.60 Å². The molecule has 1 rings (SSSR count). The number of carbonyl (C=O) groups is 1. The highest BCUT2D eigenvalue weighted by atomic mass is 32.2. The van der Waals surface area contributed by atoms with E-state index in [1.54, 1.807) is 30.3 Å². The zero-order valence-corrected chi connectivity index (χ0v) is 14.9. The SMILES string of the molecule is COP(=O)(OC)C(C)(OS(C)(=O)=O)C(=O)OCc1ccccc1. The van der Waals surface area contributed by atoms with Gasteiger partial charge in [0.1, 0.15) is 6.61 Å². The van der Waals surface area contributed by atoms with E-state index >= 15 is 0 Å². The number of rotatable bonds is 8. The normalized spacial score (nSPS) is 15.0. The Morgan fingerprint density at radius 3 is 2.13 bits per heavy atom. The van der Waals surface area contributed by atoms with Gasteiger partial charge in [0.05, 0.1) is 6.26 Å². The molecule has 23 heavy (non-hydrogen) atoms. The van der Waals surface area contributed by atoms with Crippen molar-refractivity contribution in [1.29, 1.82) is 0 Å². The molecule has 0 amide bonds. The number of hydrogen-bond donors (Lipinski definition) is 0. The fourth-order valence-electron chi connectivity index (χ4n) is 1.77. The maximum absolute atomic E-state index is 12.6. The molecule has 0 spiro atoms. The van der Waals surface area contributed by atoms with Crippen molar-refractivity contribution in [2.45, 2.75) is 18.9 Å². The Kier molecular flexibility index (Phi) is 6.49. The van der Waals surface area contributed by atoms with Gasteiger partial charge in [-0.15, -0.1) is 0 Å². The summed E-state index contributed by atoms with van der Waals surface area (Å²) in [6, 6.07) is 8.67. The van der Waals surface area contributed by atoms with E-state index in [1.165, 1.54) is 0 Å². The average molecular weight is 366 g/mol. The molecule has 0 aromatic heterocycles. The first-order chi connectivity index (χ1) is 10.6. The molecule has 10 heteroatoms. The Hall–Kier alpha value is -1.25. The molecule has 1 aromatic rings. The first kappa shape index (κ1) is 19.8. The third kappa shape index (κ3) is 4.86. The number of esters is 1. The molecule has 0 saturated heterocycles. The lowest BCUT2D eigenvalue weighted by molar-refractivity contribution is -0.156. The van der Waals surface area contributed by atoms with E-state index in [9.17, 15) is 17.8 Å². The molecule has 0 saturated carbocycles. The highest BCUT2D eigenvalue weighted by molar-refractivity contribution is 7.86. The van der Waals surface area contributed by atoms with Gasteiger partial charge < -0.3 is 13.8 Å². The lowest BCUT2D eigenvalue weighted by Gasteiger charge is -2.30. The average Bonchev–Trinajstić information content (AvgIpc) is 2.50. The molecule has 1 unspecified atom stereocenters. The van der Waals surface area contributed by atoms with Crippen LogP contribution in [0.4, 0.5) is 0 Å². The summed E-state index contributed by atoms with van der Waals surface area (Å²) in [6.45, 7) is 0.824. The van der Waals surface area contributed by atoms with Crippen LogP contribution in [0.15, 0.2) is 30.3 Å². The summed E-state index contributed by atoms with van der Waals surface area (Å²) in [6.07, 6.45) is 0.714. The molecular formula is C13H19O8PS. The van der Waals surface area contributed by atoms with Crippen molar-refractivity contribution in [2.75, 3.05) is 20.5 Å². The molecule has 0 aliphatic heterocycles. The van der Waals surface area contributed by atoms with Gasteiger partial charge in [0, 0.05) is 14.2 Å². The van der Waals surface area contributed by atoms with Crippen molar-refractivity contribution < 1.29 is 35.7 Å². The van der Waals surface area contributed by atoms with Crippen LogP contribution in [-0.2, 0) is 44.1 Å². The minimum Gasteiger partial charge on any atom is -0.458 e. The molecule has 8 nitrogen and oxygen atoms in total. The highest BCUT2D eigenvalue weighted by Gasteiger charge is 2.58. The fraction of sp³-hybridized carbons (Fsp3) is 0.462. The van der Waals surface area contributed by atoms with Crippen LogP contribution in [-0.4, -0.2) is 40.2 Å². The Balaban J connectivity index is 3.09. The van der Waals surface area contributed by atoms with Crippen molar-refractivity contribution in [3.63, 3.8) is 0 Å². The Bertz CT molecular complexity index is 679. The molecule has 0 radical (unpaired) electrons. The van der Waals surface area contributed by atoms with E-state index in [2.05, 4.69) is 0 Å². The molecule has 0 aliphatic carbocycles. The lowest BCUT2D eigenvalue weighted by Crippen LogP contribution is -2.42. The van der Waals surface area contributed by atoms with E-state index in [-0.39, 0.29) is 6.61 Å². The predicted octanol–water partition coefficient (Wildman–Crippen LogP) is 1.91. The van der Waals surface area contributed by atoms with Crippen LogP contribution in [0.25, 0.3) is 0 Å². The van der Waals surface area contributed by atoms with Crippen molar-refractivity contribution in [3.8, 4) is 0 Å². The Morgan fingerprint density at radius 1 is 1.17 bits per heavy atom. The predicted molar refractivity (Wildman–Crippen MR) is 82.2 cm³/mol. The van der Waals surface area contributed by atoms with E-state index in [0.717, 1.165) is 21.1 Å². The minimum absolute atomic E-state index is 0.157. The maximum atomic E-state index is 12.6. The van der Waals surface area contributed by atoms with Crippen LogP contribution in [0, 0.1) is 0 Å². The molecule has 1 aromatic carbocycles. The summed E-state index contributed by atoms with van der Waals surface area (Å²) in [5.74, 6) is -1.18. The van der Waals surface area contributed by atoms with Gasteiger partial charge in [-0.1, -0.05) is 30.3 Å². The van der Waals surface area contributed by atoms with Gasteiger partial charge >= 0.3 is 13.6 Å². The maximum Gasteiger partial charge on any atom is 0.374 e. The summed E-state index contributed by atoms with van der Waals surface area (Å²) in [7, 11) is -6.37. The summed E-state index contributed by atoms with van der Waals surface area (Å²) < 4.78 is 54.6. The van der Waals surface area contributed by atoms with E-state index in [0.29, 0.717) is 11.8 Å². The van der Waals surface area contributed by atoms with E-state index < -0.39 is 29.0 Å². The zero-order chi connectivity index (χ0) is 17.7. The van der Waals surface area contributed by atoms with E-state index in [1.807, 2.05) is 0 Å². The van der Waals surface area contributed by atoms with Gasteiger partial charge in [-0.3, -0.25) is 4.57 Å². The number of hydrogen-bond acceptors (Lipinski definition) is 8. The van der Waals surface area contributed by atoms with Gasteiger partial charge in [-0.2, -0.15) is 8.42 Å². The van der Waals surface area contributed by atoms with E-state index in [4.69, 9.17) is 18.0 Å². The van der Waals surface area contributed by atoms with Gasteiger partial charge in [-0.25, -0.2) is 8.98 Å². The van der Waals surface area contributed by atoms with Gasteiger partial charge in [0.25, 0.3) is 15.5 Å². The Labute approximate surface area is 135 Å². The third-order valence-corrected chi connectivity index (χ3v) is 5.95. The van der Waals surface area contributed by atoms with Crippen LogP contribution in [0.2, 0.25) is 0 Å². The van der Waals surface area contributed by atoms with Crippen LogP contribution < -0.4 is 0 Å². The summed E-state index contributed by atoms with van der Waals surface area (Å²) in [5.41, 5.74) is 0.659. The summed E-state index contributed by atoms with van der Waals surface area (Å²) in [5, 5.41) is -2.46. The van der Waals surface area contributed by atoms with Gasteiger partial charge in [-0.05, 0) is 12.5 Å². The highest BCUT2D eigenvalue weighted by Crippen LogP contribution is 2.60. The molecule has 1 atom stereocenters. The molecular weight excluding hydrogens is 347 g/mol. The second kappa shape index (κ2) is 7.55. The number of benzene rings is 1. The smallest absolute Gasteiger partial charge is 0.374 e. The van der Waals surface area contributed by atoms with Crippen molar-refractivity contribution in [3.05, 3.63) is 35.9 Å². The zero-order valence-electron chi connectivity index (χ0n) is 13.2. The first-order valence-corrected chi connectivity index (χ1v) is 9.77. The van der Waals surface area contributed by atoms with Crippen molar-refractivity contribution in [1.82, 2.24) is 0 Å². The van der Waals surface area contributed by atoms with Crippen LogP contribution in [0.3, 0.4) is 0 Å². The van der Waals surface area contributed by atoms with Crippen molar-refractivity contribution in [2.24, 2.45) is 0 Å². The summed E-state index contributed by atoms with van der Waals surface area (Å²) in [4.78, 5) is 12.3. The van der Waals surface area contributed by atoms with Crippen LogP contribution in [0.5, 0.6) is 0 Å². The molecule has 0 N–H and O–H groups in total. The van der Waals surface area contributed by atoms with Gasteiger partial charge in [0.2, 0.25) is 0 Å². The number of ether oxygens (including phenoxy) is 1. The van der Waals surface area contributed by atoms with Gasteiger partial charge in [0.15, 0.2) is 0 Å². The monoisotopic (exact) mass is 366 g/mol. The molecule has 0 aliphatic rings. The molecule has 0 bridgehead atoms. The molecule has 0 fully saturated rings. The molecule has 130 valence electrons. The first-order valence-electron chi connectivity index (χ1n) is 6.41. The quantitative estimate of drug-likeness (QED) is 0.390. The minimum atomic E-state index is -4.25.